The van der Waals surface area contributed by atoms with Gasteiger partial charge in [-0.05, 0) is 44.0 Å². The lowest BCUT2D eigenvalue weighted by molar-refractivity contribution is -0.159. The number of likely N-dealkylation sites (tertiary alicyclic amines) is 1. The summed E-state index contributed by atoms with van der Waals surface area (Å²) in [5, 5.41) is 0. The fraction of sp³-hybridized carbons (Fsp3) is 0.312. The molecule has 5 rings (SSSR count). The number of anilines is 1. The minimum atomic E-state index is -1.50. The van der Waals surface area contributed by atoms with E-state index in [0.29, 0.717) is 5.69 Å². The van der Waals surface area contributed by atoms with Gasteiger partial charge in [-0.2, -0.15) is 0 Å². The lowest BCUT2D eigenvalue weighted by atomic mass is 9.93. The van der Waals surface area contributed by atoms with Crippen LogP contribution in [0.2, 0.25) is 0 Å². The Morgan fingerprint density at radius 1 is 0.854 bits per heavy atom. The van der Waals surface area contributed by atoms with E-state index in [9.17, 15) is 19.2 Å². The summed E-state index contributed by atoms with van der Waals surface area (Å²) >= 11 is 0. The Hall–Kier alpha value is -4.66. The highest BCUT2D eigenvalue weighted by molar-refractivity contribution is 6.23. The highest BCUT2D eigenvalue weighted by Crippen LogP contribution is 2.43. The normalized spacial score (nSPS) is 20.6. The Morgan fingerprint density at radius 3 is 2.00 bits per heavy atom. The van der Waals surface area contributed by atoms with Gasteiger partial charge in [0.1, 0.15) is 23.8 Å². The summed E-state index contributed by atoms with van der Waals surface area (Å²) in [4.78, 5) is 59.1. The topological polar surface area (TPSA) is 96.5 Å². The molecule has 2 aliphatic heterocycles. The van der Waals surface area contributed by atoms with Crippen LogP contribution in [0.25, 0.3) is 0 Å². The Kier molecular flexibility index (Phi) is 7.53. The number of hydrogen-bond donors (Lipinski definition) is 0. The van der Waals surface area contributed by atoms with Gasteiger partial charge in [0, 0.05) is 13.0 Å². The predicted molar refractivity (Wildman–Crippen MR) is 152 cm³/mol. The van der Waals surface area contributed by atoms with E-state index in [4.69, 9.17) is 9.47 Å². The minimum absolute atomic E-state index is 0.0129. The van der Waals surface area contributed by atoms with Crippen molar-refractivity contribution in [3.63, 3.8) is 0 Å². The second kappa shape index (κ2) is 11.1. The van der Waals surface area contributed by atoms with Crippen LogP contribution in [0.3, 0.4) is 0 Å². The molecule has 9 heteroatoms. The maximum atomic E-state index is 14.3. The van der Waals surface area contributed by atoms with Gasteiger partial charge in [-0.15, -0.1) is 0 Å². The number of amides is 4. The number of rotatable bonds is 6. The predicted octanol–water partition coefficient (Wildman–Crippen LogP) is 5.15. The Morgan fingerprint density at radius 2 is 1.41 bits per heavy atom. The zero-order chi connectivity index (χ0) is 29.2. The lowest BCUT2D eigenvalue weighted by Gasteiger charge is -2.31. The van der Waals surface area contributed by atoms with Gasteiger partial charge >= 0.3 is 18.1 Å². The first-order valence-corrected chi connectivity index (χ1v) is 13.5. The molecule has 9 nitrogen and oxygen atoms in total. The zero-order valence-corrected chi connectivity index (χ0v) is 23.4. The fourth-order valence-electron chi connectivity index (χ4n) is 5.32. The average Bonchev–Trinajstić information content (AvgIpc) is 3.45. The van der Waals surface area contributed by atoms with Gasteiger partial charge in [-0.3, -0.25) is 9.69 Å². The number of ether oxygens (including phenoxy) is 2. The second-order valence-electron chi connectivity index (χ2n) is 11.3. The first-order valence-electron chi connectivity index (χ1n) is 13.5. The summed E-state index contributed by atoms with van der Waals surface area (Å²) in [5.41, 5.74) is -0.340. The first kappa shape index (κ1) is 27.9. The molecule has 3 aromatic carbocycles. The minimum Gasteiger partial charge on any atom is -0.458 e. The lowest BCUT2D eigenvalue weighted by Crippen LogP contribution is -2.52. The number of esters is 1. The smallest absolute Gasteiger partial charge is 0.410 e. The van der Waals surface area contributed by atoms with Crippen LogP contribution >= 0.6 is 0 Å². The van der Waals surface area contributed by atoms with Gasteiger partial charge in [-0.25, -0.2) is 19.3 Å². The van der Waals surface area contributed by atoms with E-state index in [1.54, 1.807) is 51.1 Å². The van der Waals surface area contributed by atoms with E-state index in [0.717, 1.165) is 16.0 Å². The van der Waals surface area contributed by atoms with Crippen LogP contribution in [0.15, 0.2) is 91.0 Å². The van der Waals surface area contributed by atoms with Gasteiger partial charge in [0.05, 0.1) is 12.2 Å². The zero-order valence-electron chi connectivity index (χ0n) is 23.4. The molecule has 2 heterocycles. The van der Waals surface area contributed by atoms with Crippen molar-refractivity contribution in [3.05, 3.63) is 102 Å². The summed E-state index contributed by atoms with van der Waals surface area (Å²) < 4.78 is 11.3. The molecule has 2 aliphatic rings. The Balaban J connectivity index is 1.53. The molecule has 0 radical (unpaired) electrons. The van der Waals surface area contributed by atoms with Crippen LogP contribution < -0.4 is 4.90 Å². The van der Waals surface area contributed by atoms with E-state index < -0.39 is 41.2 Å². The summed E-state index contributed by atoms with van der Waals surface area (Å²) in [6.07, 6.45) is -0.886. The third kappa shape index (κ3) is 5.66. The number of carbonyl (C=O) groups excluding carboxylic acids is 4. The summed E-state index contributed by atoms with van der Waals surface area (Å²) in [7, 11) is 0. The molecular formula is C32H33N3O6. The maximum Gasteiger partial charge on any atom is 0.410 e. The number of benzene rings is 3. The number of nitrogens with zero attached hydrogens (tertiary/aromatic N) is 3. The molecule has 0 saturated carbocycles. The molecule has 2 fully saturated rings. The summed E-state index contributed by atoms with van der Waals surface area (Å²) in [5.74, 6) is -1.17. The van der Waals surface area contributed by atoms with Crippen molar-refractivity contribution in [2.75, 3.05) is 11.4 Å². The Labute approximate surface area is 239 Å². The molecule has 0 aliphatic carbocycles. The summed E-state index contributed by atoms with van der Waals surface area (Å²) in [6, 6.07) is 25.5. The molecule has 212 valence electrons. The van der Waals surface area contributed by atoms with E-state index in [1.165, 1.54) is 9.80 Å². The van der Waals surface area contributed by atoms with Gasteiger partial charge < -0.3 is 14.4 Å². The number of urea groups is 1. The molecule has 2 saturated heterocycles. The van der Waals surface area contributed by atoms with Crippen LogP contribution in [-0.2, 0) is 32.2 Å². The number of para-hydroxylation sites is 1. The van der Waals surface area contributed by atoms with Gasteiger partial charge in [0.25, 0.3) is 5.91 Å². The van der Waals surface area contributed by atoms with Crippen molar-refractivity contribution in [1.29, 1.82) is 0 Å². The maximum absolute atomic E-state index is 14.3. The van der Waals surface area contributed by atoms with Crippen molar-refractivity contribution >= 4 is 29.7 Å². The van der Waals surface area contributed by atoms with Crippen LogP contribution in [-0.4, -0.2) is 57.5 Å². The first-order chi connectivity index (χ1) is 19.6. The third-order valence-corrected chi connectivity index (χ3v) is 7.20. The molecule has 2 atom stereocenters. The number of carbonyl (C=O) groups is 4. The molecule has 0 aromatic heterocycles. The molecule has 4 amide bonds. The Bertz CT molecular complexity index is 1420. The van der Waals surface area contributed by atoms with Gasteiger partial charge in [0.2, 0.25) is 0 Å². The monoisotopic (exact) mass is 555 g/mol. The molecule has 0 bridgehead atoms. The molecular weight excluding hydrogens is 522 g/mol. The van der Waals surface area contributed by atoms with Gasteiger partial charge in [0.15, 0.2) is 0 Å². The summed E-state index contributed by atoms with van der Waals surface area (Å²) in [6.45, 7) is 5.08. The van der Waals surface area contributed by atoms with Gasteiger partial charge in [-0.1, -0.05) is 78.9 Å². The quantitative estimate of drug-likeness (QED) is 0.309. The van der Waals surface area contributed by atoms with Crippen molar-refractivity contribution in [3.8, 4) is 0 Å². The molecule has 0 N–H and O–H groups in total. The second-order valence-corrected chi connectivity index (χ2v) is 11.3. The van der Waals surface area contributed by atoms with Crippen molar-refractivity contribution < 1.29 is 28.7 Å². The standard InChI is InChI=1S/C32H33N3O6/c1-31(2,3)41-27(36)26-19-32(22-33(26)30(39)40-21-24-15-9-5-10-16-24)28(37)35(25-17-11-6-12-18-25)29(38)34(32)20-23-13-7-4-8-14-23/h4-18,26H,19-22H2,1-3H3/t26-,32-/m0/s1. The average molecular weight is 556 g/mol. The highest BCUT2D eigenvalue weighted by atomic mass is 16.6. The van der Waals surface area contributed by atoms with Crippen molar-refractivity contribution in [1.82, 2.24) is 9.80 Å². The van der Waals surface area contributed by atoms with Crippen molar-refractivity contribution in [2.45, 2.75) is 57.5 Å². The van der Waals surface area contributed by atoms with E-state index >= 15 is 0 Å². The van der Waals surface area contributed by atoms with E-state index in [-0.39, 0.29) is 26.1 Å². The molecule has 3 aromatic rings. The largest absolute Gasteiger partial charge is 0.458 e. The fourth-order valence-corrected chi connectivity index (χ4v) is 5.32. The number of hydrogen-bond acceptors (Lipinski definition) is 6. The van der Waals surface area contributed by atoms with Crippen LogP contribution in [0.5, 0.6) is 0 Å². The highest BCUT2D eigenvalue weighted by Gasteiger charge is 2.65. The van der Waals surface area contributed by atoms with Crippen molar-refractivity contribution in [2.24, 2.45) is 0 Å². The van der Waals surface area contributed by atoms with E-state index in [2.05, 4.69) is 0 Å². The molecule has 41 heavy (non-hydrogen) atoms. The SMILES string of the molecule is CC(C)(C)OC(=O)[C@@H]1C[C@]2(CN1C(=O)OCc1ccccc1)C(=O)N(c1ccccc1)C(=O)N2Cc1ccccc1. The van der Waals surface area contributed by atoms with Crippen LogP contribution in [0, 0.1) is 0 Å². The third-order valence-electron chi connectivity index (χ3n) is 7.20. The molecule has 0 unspecified atom stereocenters. The van der Waals surface area contributed by atoms with Crippen LogP contribution in [0.1, 0.15) is 38.3 Å². The molecule has 1 spiro atoms. The number of imide groups is 1. The van der Waals surface area contributed by atoms with E-state index in [1.807, 2.05) is 60.7 Å². The van der Waals surface area contributed by atoms with Crippen LogP contribution in [0.4, 0.5) is 15.3 Å².